The second-order valence-electron chi connectivity index (χ2n) is 8.38. The quantitative estimate of drug-likeness (QED) is 0.485. The molecule has 0 aliphatic carbocycles. The Kier molecular flexibility index (Phi) is 7.92. The maximum Gasteiger partial charge on any atom is 0.261 e. The molecule has 180 valence electrons. The monoisotopic (exact) mass is 464 g/mol. The Morgan fingerprint density at radius 3 is 2.44 bits per heavy atom. The number of piperazine rings is 1. The highest BCUT2D eigenvalue weighted by Gasteiger charge is 2.29. The van der Waals surface area contributed by atoms with E-state index in [4.69, 9.17) is 14.5 Å². The minimum Gasteiger partial charge on any atom is -0.484 e. The lowest BCUT2D eigenvalue weighted by atomic mass is 10.1. The van der Waals surface area contributed by atoms with E-state index in [0.717, 1.165) is 12.2 Å². The molecule has 1 aliphatic rings. The number of rotatable bonds is 9. The van der Waals surface area contributed by atoms with Crippen molar-refractivity contribution in [3.63, 3.8) is 0 Å². The van der Waals surface area contributed by atoms with Crippen LogP contribution in [-0.4, -0.2) is 71.8 Å². The van der Waals surface area contributed by atoms with Gasteiger partial charge < -0.3 is 14.4 Å². The Labute approximate surface area is 199 Å². The van der Waals surface area contributed by atoms with Crippen molar-refractivity contribution in [2.75, 3.05) is 46.5 Å². The maximum absolute atomic E-state index is 13.3. The van der Waals surface area contributed by atoms with E-state index in [0.29, 0.717) is 56.0 Å². The predicted molar refractivity (Wildman–Crippen MR) is 131 cm³/mol. The number of fused-ring (bicyclic) bond motifs is 1. The molecule has 0 saturated carbocycles. The zero-order valence-corrected chi connectivity index (χ0v) is 19.9. The van der Waals surface area contributed by atoms with Gasteiger partial charge in [-0.1, -0.05) is 37.3 Å². The summed E-state index contributed by atoms with van der Waals surface area (Å²) < 4.78 is 12.6. The van der Waals surface area contributed by atoms with E-state index in [-0.39, 0.29) is 24.1 Å². The number of methoxy groups -OCH3 is 1. The molecule has 3 aromatic rings. The third kappa shape index (κ3) is 5.29. The average Bonchev–Trinajstić information content (AvgIpc) is 2.88. The molecule has 1 fully saturated rings. The van der Waals surface area contributed by atoms with E-state index in [1.54, 1.807) is 11.7 Å². The molecular formula is C26H32N4O4. The van der Waals surface area contributed by atoms with Gasteiger partial charge in [-0.15, -0.1) is 0 Å². The summed E-state index contributed by atoms with van der Waals surface area (Å²) in [4.78, 5) is 35.0. The maximum atomic E-state index is 13.3. The molecule has 1 unspecified atom stereocenters. The average molecular weight is 465 g/mol. The number of carbonyl (C=O) groups excluding carboxylic acids is 1. The summed E-state index contributed by atoms with van der Waals surface area (Å²) in [5, 5.41) is 0.617. The lowest BCUT2D eigenvalue weighted by Crippen LogP contribution is -2.51. The molecule has 1 aliphatic heterocycles. The van der Waals surface area contributed by atoms with Gasteiger partial charge in [-0.2, -0.15) is 0 Å². The number of hydrogen-bond acceptors (Lipinski definition) is 6. The first kappa shape index (κ1) is 23.9. The van der Waals surface area contributed by atoms with Crippen molar-refractivity contribution in [1.82, 2.24) is 19.4 Å². The van der Waals surface area contributed by atoms with Gasteiger partial charge in [0.05, 0.1) is 30.1 Å². The third-order valence-electron chi connectivity index (χ3n) is 6.31. The minimum absolute atomic E-state index is 0.0163. The second kappa shape index (κ2) is 11.3. The van der Waals surface area contributed by atoms with Crippen LogP contribution in [0.1, 0.15) is 25.2 Å². The Balaban J connectivity index is 1.48. The van der Waals surface area contributed by atoms with Gasteiger partial charge in [-0.3, -0.25) is 19.1 Å². The zero-order valence-electron chi connectivity index (χ0n) is 19.9. The minimum atomic E-state index is -0.0389. The summed E-state index contributed by atoms with van der Waals surface area (Å²) in [7, 11) is 1.63. The van der Waals surface area contributed by atoms with Crippen molar-refractivity contribution in [3.8, 4) is 5.75 Å². The fourth-order valence-corrected chi connectivity index (χ4v) is 4.48. The molecule has 2 aromatic carbocycles. The topological polar surface area (TPSA) is 76.9 Å². The van der Waals surface area contributed by atoms with Crippen LogP contribution in [0.2, 0.25) is 0 Å². The summed E-state index contributed by atoms with van der Waals surface area (Å²) >= 11 is 0. The lowest BCUT2D eigenvalue weighted by molar-refractivity contribution is -0.135. The summed E-state index contributed by atoms with van der Waals surface area (Å²) in [6.45, 7) is 5.68. The van der Waals surface area contributed by atoms with Gasteiger partial charge >= 0.3 is 0 Å². The third-order valence-corrected chi connectivity index (χ3v) is 6.31. The van der Waals surface area contributed by atoms with E-state index >= 15 is 0 Å². The van der Waals surface area contributed by atoms with Gasteiger partial charge in [0, 0.05) is 33.3 Å². The second-order valence-corrected chi connectivity index (χ2v) is 8.38. The molecule has 1 atom stereocenters. The Bertz CT molecular complexity index is 1160. The van der Waals surface area contributed by atoms with Gasteiger partial charge in [0.2, 0.25) is 0 Å². The molecule has 8 heteroatoms. The Morgan fingerprint density at radius 2 is 1.74 bits per heavy atom. The van der Waals surface area contributed by atoms with Crippen LogP contribution >= 0.6 is 0 Å². The van der Waals surface area contributed by atoms with Gasteiger partial charge in [-0.05, 0) is 30.7 Å². The van der Waals surface area contributed by atoms with E-state index in [9.17, 15) is 9.59 Å². The predicted octanol–water partition coefficient (Wildman–Crippen LogP) is 2.72. The highest BCUT2D eigenvalue weighted by molar-refractivity contribution is 5.78. The van der Waals surface area contributed by atoms with E-state index in [1.165, 1.54) is 0 Å². The highest BCUT2D eigenvalue weighted by atomic mass is 16.5. The molecule has 0 spiro atoms. The fourth-order valence-electron chi connectivity index (χ4n) is 4.48. The lowest BCUT2D eigenvalue weighted by Gasteiger charge is -2.39. The standard InChI is InChI=1S/C26H32N4O4/c1-3-23(25-27-22-12-8-7-11-21(22)26(32)30(25)17-18-33-2)28-13-15-29(16-14-28)24(31)19-34-20-9-5-4-6-10-20/h4-12,23H,3,13-19H2,1-2H3. The molecule has 2 heterocycles. The SMILES string of the molecule is CCC(c1nc2ccccc2c(=O)n1CCOC)N1CCN(C(=O)COc2ccccc2)CC1. The number of benzene rings is 2. The summed E-state index contributed by atoms with van der Waals surface area (Å²) in [5.41, 5.74) is 0.671. The number of amides is 1. The highest BCUT2D eigenvalue weighted by Crippen LogP contribution is 2.25. The first-order valence-electron chi connectivity index (χ1n) is 11.8. The van der Waals surface area contributed by atoms with E-state index in [1.807, 2.05) is 59.5 Å². The molecule has 4 rings (SSSR count). The number of nitrogens with zero attached hydrogens (tertiary/aromatic N) is 4. The largest absolute Gasteiger partial charge is 0.484 e. The van der Waals surface area contributed by atoms with Crippen molar-refractivity contribution >= 4 is 16.8 Å². The molecule has 0 radical (unpaired) electrons. The van der Waals surface area contributed by atoms with Crippen LogP contribution in [0, 0.1) is 0 Å². The van der Waals surface area contributed by atoms with Crippen LogP contribution in [0.25, 0.3) is 10.9 Å². The molecule has 0 bridgehead atoms. The summed E-state index contributed by atoms with van der Waals surface area (Å²) in [6, 6.07) is 16.8. The molecule has 1 saturated heterocycles. The Morgan fingerprint density at radius 1 is 1.03 bits per heavy atom. The molecule has 34 heavy (non-hydrogen) atoms. The molecule has 0 N–H and O–H groups in total. The molecule has 1 amide bonds. The van der Waals surface area contributed by atoms with Gasteiger partial charge in [0.25, 0.3) is 11.5 Å². The smallest absolute Gasteiger partial charge is 0.261 e. The Hall–Kier alpha value is -3.23. The first-order chi connectivity index (χ1) is 16.6. The van der Waals surface area contributed by atoms with Crippen LogP contribution in [0.5, 0.6) is 5.75 Å². The number of carbonyl (C=O) groups is 1. The van der Waals surface area contributed by atoms with Crippen molar-refractivity contribution in [2.24, 2.45) is 0 Å². The van der Waals surface area contributed by atoms with Crippen LogP contribution in [0.4, 0.5) is 0 Å². The number of aromatic nitrogens is 2. The van der Waals surface area contributed by atoms with Crippen molar-refractivity contribution in [2.45, 2.75) is 25.9 Å². The number of hydrogen-bond donors (Lipinski definition) is 0. The normalized spacial score (nSPS) is 15.4. The number of para-hydroxylation sites is 2. The van der Waals surface area contributed by atoms with Gasteiger partial charge in [0.15, 0.2) is 6.61 Å². The van der Waals surface area contributed by atoms with Crippen LogP contribution < -0.4 is 10.3 Å². The van der Waals surface area contributed by atoms with Crippen molar-refractivity contribution < 1.29 is 14.3 Å². The van der Waals surface area contributed by atoms with Crippen LogP contribution in [0.3, 0.4) is 0 Å². The van der Waals surface area contributed by atoms with Crippen LogP contribution in [0.15, 0.2) is 59.4 Å². The van der Waals surface area contributed by atoms with Crippen molar-refractivity contribution in [3.05, 3.63) is 70.8 Å². The molecule has 1 aromatic heterocycles. The van der Waals surface area contributed by atoms with Crippen LogP contribution in [-0.2, 0) is 16.1 Å². The first-order valence-corrected chi connectivity index (χ1v) is 11.8. The number of ether oxygens (including phenoxy) is 2. The molecule has 8 nitrogen and oxygen atoms in total. The summed E-state index contributed by atoms with van der Waals surface area (Å²) in [5.74, 6) is 1.43. The zero-order chi connectivity index (χ0) is 23.9. The van der Waals surface area contributed by atoms with Crippen molar-refractivity contribution in [1.29, 1.82) is 0 Å². The van der Waals surface area contributed by atoms with E-state index < -0.39 is 0 Å². The summed E-state index contributed by atoms with van der Waals surface area (Å²) in [6.07, 6.45) is 0.808. The molecular weight excluding hydrogens is 432 g/mol. The van der Waals surface area contributed by atoms with Gasteiger partial charge in [0.1, 0.15) is 11.6 Å². The fraction of sp³-hybridized carbons (Fsp3) is 0.423. The van der Waals surface area contributed by atoms with E-state index in [2.05, 4.69) is 11.8 Å². The van der Waals surface area contributed by atoms with Gasteiger partial charge in [-0.25, -0.2) is 4.98 Å².